The molecule has 154 valence electrons. The Hall–Kier alpha value is -1.40. The van der Waals surface area contributed by atoms with Crippen LogP contribution in [-0.2, 0) is 26.7 Å². The van der Waals surface area contributed by atoms with Gasteiger partial charge in [0, 0.05) is 18.0 Å². The Balaban J connectivity index is 1.75. The second-order valence-corrected chi connectivity index (χ2v) is 11.8. The van der Waals surface area contributed by atoms with E-state index in [0.717, 1.165) is 32.1 Å². The number of benzene rings is 1. The standard InChI is InChI=1S/C22H31NO4S/c1-21(2,3)20(24)27-16-9-8-15-13-19-17-7-5-6-10-22(17,18(15)14-16)11-12-23(19)28(4,25)26/h8-9,14,17,19H,5-7,10-13H2,1-4H3. The van der Waals surface area contributed by atoms with E-state index in [1.807, 2.05) is 32.9 Å². The molecule has 4 rings (SSSR count). The van der Waals surface area contributed by atoms with E-state index in [1.54, 1.807) is 4.31 Å². The number of ether oxygens (including phenoxy) is 1. The number of hydrogen-bond donors (Lipinski definition) is 0. The van der Waals surface area contributed by atoms with Crippen molar-refractivity contribution in [3.8, 4) is 5.75 Å². The largest absolute Gasteiger partial charge is 0.426 e. The van der Waals surface area contributed by atoms with Gasteiger partial charge in [-0.25, -0.2) is 8.42 Å². The fourth-order valence-corrected chi connectivity index (χ4v) is 6.82. The van der Waals surface area contributed by atoms with Gasteiger partial charge < -0.3 is 4.74 Å². The van der Waals surface area contributed by atoms with Gasteiger partial charge in [-0.15, -0.1) is 0 Å². The number of nitrogens with zero attached hydrogens (tertiary/aromatic N) is 1. The van der Waals surface area contributed by atoms with E-state index < -0.39 is 15.4 Å². The van der Waals surface area contributed by atoms with Crippen LogP contribution in [0.25, 0.3) is 0 Å². The minimum Gasteiger partial charge on any atom is -0.426 e. The fraction of sp³-hybridized carbons (Fsp3) is 0.682. The lowest BCUT2D eigenvalue weighted by atomic mass is 9.53. The highest BCUT2D eigenvalue weighted by Gasteiger charge is 2.55. The number of carbonyl (C=O) groups is 1. The number of rotatable bonds is 2. The normalized spacial score (nSPS) is 30.3. The molecule has 0 radical (unpaired) electrons. The molecule has 1 aromatic carbocycles. The lowest BCUT2D eigenvalue weighted by Crippen LogP contribution is -2.61. The molecule has 0 spiro atoms. The fourth-order valence-electron chi connectivity index (χ4n) is 5.68. The van der Waals surface area contributed by atoms with E-state index in [2.05, 4.69) is 6.07 Å². The highest BCUT2D eigenvalue weighted by atomic mass is 32.2. The van der Waals surface area contributed by atoms with Crippen molar-refractivity contribution >= 4 is 16.0 Å². The summed E-state index contributed by atoms with van der Waals surface area (Å²) < 4.78 is 32.3. The third-order valence-corrected chi connectivity index (χ3v) is 8.31. The monoisotopic (exact) mass is 405 g/mol. The molecule has 6 heteroatoms. The first kappa shape index (κ1) is 19.9. The van der Waals surface area contributed by atoms with Gasteiger partial charge in [0.25, 0.3) is 0 Å². The number of esters is 1. The molecule has 2 fully saturated rings. The van der Waals surface area contributed by atoms with Crippen molar-refractivity contribution in [1.29, 1.82) is 0 Å². The summed E-state index contributed by atoms with van der Waals surface area (Å²) in [5.74, 6) is 0.734. The van der Waals surface area contributed by atoms with E-state index in [0.29, 0.717) is 18.2 Å². The Morgan fingerprint density at radius 1 is 1.21 bits per heavy atom. The molecular formula is C22H31NO4S. The van der Waals surface area contributed by atoms with E-state index in [1.165, 1.54) is 23.8 Å². The number of sulfonamides is 1. The summed E-state index contributed by atoms with van der Waals surface area (Å²) in [7, 11) is -3.21. The van der Waals surface area contributed by atoms with Gasteiger partial charge in [-0.3, -0.25) is 4.79 Å². The molecule has 0 N–H and O–H groups in total. The average Bonchev–Trinajstić information content (AvgIpc) is 2.60. The van der Waals surface area contributed by atoms with Crippen molar-refractivity contribution in [2.75, 3.05) is 12.8 Å². The first-order chi connectivity index (χ1) is 13.0. The third kappa shape index (κ3) is 3.18. The van der Waals surface area contributed by atoms with Gasteiger partial charge in [-0.05, 0) is 75.6 Å². The van der Waals surface area contributed by atoms with Crippen molar-refractivity contribution in [2.45, 2.75) is 70.8 Å². The molecule has 3 atom stereocenters. The van der Waals surface area contributed by atoms with E-state index in [-0.39, 0.29) is 17.4 Å². The molecule has 1 aromatic rings. The van der Waals surface area contributed by atoms with E-state index in [4.69, 9.17) is 4.74 Å². The summed E-state index contributed by atoms with van der Waals surface area (Å²) in [6.45, 7) is 6.16. The van der Waals surface area contributed by atoms with Gasteiger partial charge >= 0.3 is 5.97 Å². The number of piperidine rings is 1. The number of carbonyl (C=O) groups excluding carboxylic acids is 1. The topological polar surface area (TPSA) is 63.7 Å². The summed E-state index contributed by atoms with van der Waals surface area (Å²) in [5.41, 5.74) is 1.97. The second kappa shape index (κ2) is 6.56. The predicted molar refractivity (Wildman–Crippen MR) is 109 cm³/mol. The SMILES string of the molecule is CC(C)(C)C(=O)Oc1ccc2c(c1)C13CCCCC1C(C2)N(S(C)(=O)=O)CC3. The van der Waals surface area contributed by atoms with Crippen LogP contribution in [0.15, 0.2) is 18.2 Å². The van der Waals surface area contributed by atoms with Crippen LogP contribution in [0.4, 0.5) is 0 Å². The molecule has 0 aromatic heterocycles. The van der Waals surface area contributed by atoms with Crippen molar-refractivity contribution in [3.05, 3.63) is 29.3 Å². The van der Waals surface area contributed by atoms with Crippen LogP contribution >= 0.6 is 0 Å². The molecule has 3 unspecified atom stereocenters. The summed E-state index contributed by atoms with van der Waals surface area (Å²) >= 11 is 0. The minimum atomic E-state index is -3.21. The Bertz CT molecular complexity index is 902. The van der Waals surface area contributed by atoms with Gasteiger partial charge in [-0.1, -0.05) is 18.9 Å². The predicted octanol–water partition coefficient (Wildman–Crippen LogP) is 3.66. The van der Waals surface area contributed by atoms with Crippen LogP contribution in [0.3, 0.4) is 0 Å². The van der Waals surface area contributed by atoms with Gasteiger partial charge in [0.1, 0.15) is 5.75 Å². The van der Waals surface area contributed by atoms with Crippen molar-refractivity contribution < 1.29 is 17.9 Å². The van der Waals surface area contributed by atoms with Crippen LogP contribution in [0.1, 0.15) is 64.0 Å². The summed E-state index contributed by atoms with van der Waals surface area (Å²) in [4.78, 5) is 12.4. The van der Waals surface area contributed by atoms with E-state index in [9.17, 15) is 13.2 Å². The van der Waals surface area contributed by atoms with Crippen molar-refractivity contribution in [1.82, 2.24) is 4.31 Å². The van der Waals surface area contributed by atoms with Gasteiger partial charge in [-0.2, -0.15) is 4.31 Å². The molecular weight excluding hydrogens is 374 g/mol. The molecule has 1 saturated heterocycles. The van der Waals surface area contributed by atoms with Crippen molar-refractivity contribution in [3.63, 3.8) is 0 Å². The molecule has 28 heavy (non-hydrogen) atoms. The summed E-state index contributed by atoms with van der Waals surface area (Å²) in [6.07, 6.45) is 7.44. The maximum absolute atomic E-state index is 12.4. The maximum atomic E-state index is 12.4. The zero-order valence-corrected chi connectivity index (χ0v) is 18.1. The van der Waals surface area contributed by atoms with Crippen LogP contribution in [0.5, 0.6) is 5.75 Å². The minimum absolute atomic E-state index is 0.0157. The van der Waals surface area contributed by atoms with Gasteiger partial charge in [0.2, 0.25) is 10.0 Å². The van der Waals surface area contributed by atoms with E-state index >= 15 is 0 Å². The zero-order valence-electron chi connectivity index (χ0n) is 17.3. The van der Waals surface area contributed by atoms with Crippen LogP contribution in [0.2, 0.25) is 0 Å². The number of fused-ring (bicyclic) bond motifs is 1. The lowest BCUT2D eigenvalue weighted by Gasteiger charge is -2.58. The summed E-state index contributed by atoms with van der Waals surface area (Å²) in [6, 6.07) is 6.04. The second-order valence-electron chi connectivity index (χ2n) is 9.86. The first-order valence-electron chi connectivity index (χ1n) is 10.3. The molecule has 2 bridgehead atoms. The van der Waals surface area contributed by atoms with Crippen LogP contribution < -0.4 is 4.74 Å². The molecule has 0 amide bonds. The molecule has 2 aliphatic carbocycles. The van der Waals surface area contributed by atoms with Gasteiger partial charge in [0.15, 0.2) is 0 Å². The summed E-state index contributed by atoms with van der Waals surface area (Å²) in [5, 5.41) is 0. The molecule has 1 saturated carbocycles. The Morgan fingerprint density at radius 2 is 1.96 bits per heavy atom. The van der Waals surface area contributed by atoms with Crippen LogP contribution in [0, 0.1) is 11.3 Å². The zero-order chi connectivity index (χ0) is 20.3. The average molecular weight is 406 g/mol. The molecule has 3 aliphatic rings. The first-order valence-corrected chi connectivity index (χ1v) is 12.2. The highest BCUT2D eigenvalue weighted by molar-refractivity contribution is 7.88. The van der Waals surface area contributed by atoms with Crippen LogP contribution in [-0.4, -0.2) is 37.5 Å². The lowest BCUT2D eigenvalue weighted by molar-refractivity contribution is -0.143. The quantitative estimate of drug-likeness (QED) is 0.556. The van der Waals surface area contributed by atoms with Gasteiger partial charge in [0.05, 0.1) is 11.7 Å². The highest BCUT2D eigenvalue weighted by Crippen LogP contribution is 2.56. The Kier molecular flexibility index (Phi) is 4.66. The molecule has 1 aliphatic heterocycles. The van der Waals surface area contributed by atoms with Crippen molar-refractivity contribution in [2.24, 2.45) is 11.3 Å². The molecule has 1 heterocycles. The molecule has 5 nitrogen and oxygen atoms in total. The number of hydrogen-bond acceptors (Lipinski definition) is 4. The smallest absolute Gasteiger partial charge is 0.316 e. The maximum Gasteiger partial charge on any atom is 0.316 e. The Morgan fingerprint density at radius 3 is 2.64 bits per heavy atom. The third-order valence-electron chi connectivity index (χ3n) is 7.01. The Labute approximate surface area is 168 Å².